The Kier molecular flexibility index (Phi) is 4.15. The molecule has 3 nitrogen and oxygen atoms in total. The zero-order chi connectivity index (χ0) is 15.1. The molecule has 0 amide bonds. The number of ether oxygens (including phenoxy) is 1. The molecule has 0 bridgehead atoms. The molecule has 20 heavy (non-hydrogen) atoms. The molecule has 0 radical (unpaired) electrons. The third-order valence-corrected chi connectivity index (χ3v) is 4.16. The van der Waals surface area contributed by atoms with Crippen LogP contribution in [0.3, 0.4) is 0 Å². The molecule has 110 valence electrons. The lowest BCUT2D eigenvalue weighted by Crippen LogP contribution is -2.57. The van der Waals surface area contributed by atoms with Gasteiger partial charge in [0, 0.05) is 28.8 Å². The van der Waals surface area contributed by atoms with Gasteiger partial charge in [0.2, 0.25) is 0 Å². The van der Waals surface area contributed by atoms with Gasteiger partial charge in [-0.2, -0.15) is 0 Å². The summed E-state index contributed by atoms with van der Waals surface area (Å²) in [6.07, 6.45) is 0. The molecule has 1 aliphatic rings. The Hall–Kier alpha value is -0.650. The zero-order valence-corrected chi connectivity index (χ0v) is 14.8. The van der Waals surface area contributed by atoms with E-state index >= 15 is 0 Å². The third-order valence-electron chi connectivity index (χ3n) is 3.28. The Morgan fingerprint density at radius 2 is 1.80 bits per heavy atom. The highest BCUT2D eigenvalue weighted by Crippen LogP contribution is 2.33. The molecular weight excluding hydrogens is 336 g/mol. The van der Waals surface area contributed by atoms with Gasteiger partial charge in [0.15, 0.2) is 0 Å². The van der Waals surface area contributed by atoms with Crippen molar-refractivity contribution in [3.63, 3.8) is 0 Å². The van der Waals surface area contributed by atoms with E-state index < -0.39 is 0 Å². The average Bonchev–Trinajstić information content (AvgIpc) is 2.23. The van der Waals surface area contributed by atoms with Crippen molar-refractivity contribution in [2.45, 2.75) is 38.9 Å². The topological polar surface area (TPSA) is 38.5 Å². The largest absolute Gasteiger partial charge is 0.389 e. The van der Waals surface area contributed by atoms with E-state index in [-0.39, 0.29) is 11.2 Å². The Morgan fingerprint density at radius 3 is 2.25 bits per heavy atom. The molecule has 2 rings (SSSR count). The van der Waals surface area contributed by atoms with Crippen LogP contribution in [0.2, 0.25) is 0 Å². The van der Waals surface area contributed by atoms with E-state index in [4.69, 9.17) is 22.7 Å². The van der Waals surface area contributed by atoms with Crippen LogP contribution < -0.4 is 10.6 Å². The quantitative estimate of drug-likeness (QED) is 0.823. The van der Waals surface area contributed by atoms with Gasteiger partial charge in [-0.1, -0.05) is 12.2 Å². The average molecular weight is 357 g/mol. The molecule has 2 N–H and O–H groups in total. The number of nitrogens with zero attached hydrogens (tertiary/aromatic N) is 1. The van der Waals surface area contributed by atoms with E-state index in [0.29, 0.717) is 4.99 Å². The van der Waals surface area contributed by atoms with Crippen molar-refractivity contribution in [2.75, 3.05) is 18.0 Å². The lowest BCUT2D eigenvalue weighted by molar-refractivity contribution is -0.133. The molecule has 0 atom stereocenters. The predicted molar refractivity (Wildman–Crippen MR) is 91.5 cm³/mol. The van der Waals surface area contributed by atoms with E-state index in [1.165, 1.54) is 0 Å². The van der Waals surface area contributed by atoms with E-state index in [1.54, 1.807) is 0 Å². The predicted octanol–water partition coefficient (Wildman–Crippen LogP) is 3.48. The van der Waals surface area contributed by atoms with Gasteiger partial charge in [-0.25, -0.2) is 0 Å². The van der Waals surface area contributed by atoms with Gasteiger partial charge in [0.1, 0.15) is 4.99 Å². The molecule has 0 aliphatic carbocycles. The van der Waals surface area contributed by atoms with E-state index in [2.05, 4.69) is 60.7 Å². The van der Waals surface area contributed by atoms with Gasteiger partial charge >= 0.3 is 0 Å². The van der Waals surface area contributed by atoms with Gasteiger partial charge in [-0.3, -0.25) is 0 Å². The fourth-order valence-electron chi connectivity index (χ4n) is 2.87. The van der Waals surface area contributed by atoms with Gasteiger partial charge in [0.05, 0.1) is 11.2 Å². The van der Waals surface area contributed by atoms with Crippen LogP contribution in [0.1, 0.15) is 33.3 Å². The van der Waals surface area contributed by atoms with Crippen LogP contribution >= 0.6 is 28.1 Å². The second-order valence-electron chi connectivity index (χ2n) is 6.51. The van der Waals surface area contributed by atoms with Crippen LogP contribution in [-0.4, -0.2) is 29.3 Å². The fourth-order valence-corrected chi connectivity index (χ4v) is 3.76. The molecular formula is C15H21BrN2OS. The maximum absolute atomic E-state index is 6.11. The zero-order valence-electron chi connectivity index (χ0n) is 12.4. The van der Waals surface area contributed by atoms with Crippen LogP contribution in [0.5, 0.6) is 0 Å². The van der Waals surface area contributed by atoms with Crippen molar-refractivity contribution in [3.05, 3.63) is 28.2 Å². The highest BCUT2D eigenvalue weighted by Gasteiger charge is 2.38. The highest BCUT2D eigenvalue weighted by atomic mass is 79.9. The number of anilines is 1. The number of hydrogen-bond acceptors (Lipinski definition) is 3. The maximum Gasteiger partial charge on any atom is 0.105 e. The van der Waals surface area contributed by atoms with Crippen molar-refractivity contribution in [2.24, 2.45) is 5.73 Å². The van der Waals surface area contributed by atoms with E-state index in [0.717, 1.165) is 28.8 Å². The first kappa shape index (κ1) is 15.7. The number of rotatable bonds is 2. The minimum absolute atomic E-state index is 0.171. The minimum atomic E-state index is -0.171. The second kappa shape index (κ2) is 5.28. The first-order chi connectivity index (χ1) is 9.10. The molecule has 5 heteroatoms. The second-order valence-corrected chi connectivity index (χ2v) is 7.80. The van der Waals surface area contributed by atoms with Crippen LogP contribution in [0.15, 0.2) is 22.7 Å². The fraction of sp³-hybridized carbons (Fsp3) is 0.533. The minimum Gasteiger partial charge on any atom is -0.389 e. The first-order valence-corrected chi connectivity index (χ1v) is 7.84. The summed E-state index contributed by atoms with van der Waals surface area (Å²) in [5.74, 6) is 0. The van der Waals surface area contributed by atoms with Crippen molar-refractivity contribution >= 4 is 38.8 Å². The Morgan fingerprint density at radius 1 is 1.25 bits per heavy atom. The number of thiocarbonyl (C=S) groups is 1. The molecule has 1 aliphatic heterocycles. The van der Waals surface area contributed by atoms with Crippen LogP contribution in [0, 0.1) is 0 Å². The Balaban J connectivity index is 2.32. The van der Waals surface area contributed by atoms with E-state index in [1.807, 2.05) is 6.07 Å². The van der Waals surface area contributed by atoms with E-state index in [9.17, 15) is 0 Å². The molecule has 1 aromatic carbocycles. The molecule has 1 heterocycles. The van der Waals surface area contributed by atoms with Gasteiger partial charge < -0.3 is 15.4 Å². The number of halogens is 1. The van der Waals surface area contributed by atoms with Crippen molar-refractivity contribution in [1.82, 2.24) is 0 Å². The molecule has 0 saturated carbocycles. The third kappa shape index (κ3) is 3.51. The van der Waals surface area contributed by atoms with Crippen LogP contribution in [-0.2, 0) is 4.74 Å². The molecule has 0 spiro atoms. The summed E-state index contributed by atoms with van der Waals surface area (Å²) >= 11 is 8.58. The summed E-state index contributed by atoms with van der Waals surface area (Å²) in [7, 11) is 0. The number of morpholine rings is 1. The monoisotopic (exact) mass is 356 g/mol. The summed E-state index contributed by atoms with van der Waals surface area (Å²) in [6.45, 7) is 10.2. The van der Waals surface area contributed by atoms with Gasteiger partial charge in [0.25, 0.3) is 0 Å². The van der Waals surface area contributed by atoms with Gasteiger partial charge in [-0.15, -0.1) is 0 Å². The normalized spacial score (nSPS) is 20.8. The smallest absolute Gasteiger partial charge is 0.105 e. The van der Waals surface area contributed by atoms with Crippen molar-refractivity contribution < 1.29 is 4.74 Å². The lowest BCUT2D eigenvalue weighted by atomic mass is 9.98. The number of benzene rings is 1. The maximum atomic E-state index is 6.11. The summed E-state index contributed by atoms with van der Waals surface area (Å²) in [6, 6.07) is 6.11. The van der Waals surface area contributed by atoms with Gasteiger partial charge in [-0.05, 0) is 61.8 Å². The summed E-state index contributed by atoms with van der Waals surface area (Å²) in [5, 5.41) is 0. The Labute approximate surface area is 134 Å². The van der Waals surface area contributed by atoms with Crippen molar-refractivity contribution in [3.8, 4) is 0 Å². The summed E-state index contributed by atoms with van der Waals surface area (Å²) in [4.78, 5) is 2.75. The molecule has 1 aromatic rings. The molecule has 1 saturated heterocycles. The Bertz CT molecular complexity index is 527. The molecule has 0 unspecified atom stereocenters. The van der Waals surface area contributed by atoms with Crippen molar-refractivity contribution in [1.29, 1.82) is 0 Å². The molecule has 1 fully saturated rings. The van der Waals surface area contributed by atoms with Crippen LogP contribution in [0.4, 0.5) is 5.69 Å². The number of nitrogens with two attached hydrogens (primary N) is 1. The number of hydrogen-bond donors (Lipinski definition) is 1. The standard InChI is InChI=1S/C15H21BrN2OS/c1-14(2)8-18(9-15(3,4)19-14)10-5-6-11(13(17)20)12(16)7-10/h5-7H,8-9H2,1-4H3,(H2,17,20). The lowest BCUT2D eigenvalue weighted by Gasteiger charge is -2.48. The summed E-state index contributed by atoms with van der Waals surface area (Å²) < 4.78 is 7.05. The highest BCUT2D eigenvalue weighted by molar-refractivity contribution is 9.10. The molecule has 0 aromatic heterocycles. The first-order valence-electron chi connectivity index (χ1n) is 6.64. The SMILES string of the molecule is CC1(C)CN(c2ccc(C(N)=S)c(Br)c2)CC(C)(C)O1. The van der Waals surface area contributed by atoms with Crippen LogP contribution in [0.25, 0.3) is 0 Å². The summed E-state index contributed by atoms with van der Waals surface area (Å²) in [5.41, 5.74) is 7.38.